The van der Waals surface area contributed by atoms with Crippen molar-refractivity contribution in [3.63, 3.8) is 0 Å². The molecule has 1 aliphatic rings. The third-order valence-corrected chi connectivity index (χ3v) is 4.52. The number of aryl methyl sites for hydroxylation is 1. The first kappa shape index (κ1) is 14.2. The molecule has 0 bridgehead atoms. The van der Waals surface area contributed by atoms with Gasteiger partial charge in [-0.2, -0.15) is 5.10 Å². The summed E-state index contributed by atoms with van der Waals surface area (Å²) < 4.78 is 5.75. The lowest BCUT2D eigenvalue weighted by Crippen LogP contribution is -2.12. The number of fused-ring (bicyclic) bond motifs is 2. The van der Waals surface area contributed by atoms with Gasteiger partial charge in [0.1, 0.15) is 5.52 Å². The molecule has 1 fully saturated rings. The van der Waals surface area contributed by atoms with Crippen molar-refractivity contribution in [2.24, 2.45) is 0 Å². The van der Waals surface area contributed by atoms with E-state index in [0.29, 0.717) is 17.3 Å². The monoisotopic (exact) mass is 332 g/mol. The van der Waals surface area contributed by atoms with Gasteiger partial charge in [0.25, 0.3) is 5.91 Å². The second-order valence-electron chi connectivity index (χ2n) is 6.58. The lowest BCUT2D eigenvalue weighted by atomic mass is 10.1. The summed E-state index contributed by atoms with van der Waals surface area (Å²) in [6.07, 6.45) is 2.28. The Hall–Kier alpha value is -3.15. The first-order valence-electron chi connectivity index (χ1n) is 8.34. The van der Waals surface area contributed by atoms with E-state index in [1.807, 2.05) is 43.3 Å². The quantitative estimate of drug-likeness (QED) is 0.590. The highest BCUT2D eigenvalue weighted by molar-refractivity contribution is 6.11. The van der Waals surface area contributed by atoms with E-state index in [0.717, 1.165) is 46.3 Å². The Kier molecular flexibility index (Phi) is 2.94. The standard InChI is InChI=1S/C19H16N4O2/c1-10-2-6-14-13(8-10)17(23-22-14)18(24)20-12-5-7-16-15(9-12)21-19(25-16)11-3-4-11/h2,5-9,11H,3-4H2,1H3,(H,20,24)(H,22,23). The summed E-state index contributed by atoms with van der Waals surface area (Å²) in [5.41, 5.74) is 4.51. The summed E-state index contributed by atoms with van der Waals surface area (Å²) in [7, 11) is 0. The van der Waals surface area contributed by atoms with Crippen LogP contribution in [0.15, 0.2) is 40.8 Å². The molecule has 25 heavy (non-hydrogen) atoms. The highest BCUT2D eigenvalue weighted by Crippen LogP contribution is 2.40. The van der Waals surface area contributed by atoms with E-state index < -0.39 is 0 Å². The first-order valence-corrected chi connectivity index (χ1v) is 8.34. The van der Waals surface area contributed by atoms with Gasteiger partial charge in [-0.3, -0.25) is 9.89 Å². The molecule has 0 aliphatic heterocycles. The van der Waals surface area contributed by atoms with Crippen LogP contribution in [-0.4, -0.2) is 21.1 Å². The molecule has 2 N–H and O–H groups in total. The number of hydrogen-bond donors (Lipinski definition) is 2. The second kappa shape index (κ2) is 5.17. The number of aromatic nitrogens is 3. The number of H-pyrrole nitrogens is 1. The minimum atomic E-state index is -0.248. The fourth-order valence-corrected chi connectivity index (χ4v) is 3.02. The van der Waals surface area contributed by atoms with Crippen LogP contribution >= 0.6 is 0 Å². The first-order chi connectivity index (χ1) is 12.2. The van der Waals surface area contributed by atoms with Gasteiger partial charge in [-0.15, -0.1) is 0 Å². The van der Waals surface area contributed by atoms with Gasteiger partial charge in [0, 0.05) is 17.0 Å². The van der Waals surface area contributed by atoms with Crippen LogP contribution in [0.2, 0.25) is 0 Å². The topological polar surface area (TPSA) is 83.8 Å². The van der Waals surface area contributed by atoms with E-state index in [4.69, 9.17) is 4.42 Å². The minimum absolute atomic E-state index is 0.248. The van der Waals surface area contributed by atoms with Crippen LogP contribution in [0.25, 0.3) is 22.0 Å². The molecule has 5 rings (SSSR count). The molecular formula is C19H16N4O2. The highest BCUT2D eigenvalue weighted by Gasteiger charge is 2.29. The molecule has 2 aromatic heterocycles. The van der Waals surface area contributed by atoms with E-state index in [-0.39, 0.29) is 5.91 Å². The van der Waals surface area contributed by atoms with Gasteiger partial charge in [-0.1, -0.05) is 11.6 Å². The third kappa shape index (κ3) is 2.46. The van der Waals surface area contributed by atoms with Crippen LogP contribution in [0.1, 0.15) is 40.7 Å². The number of amides is 1. The lowest BCUT2D eigenvalue weighted by Gasteiger charge is -2.03. The predicted molar refractivity (Wildman–Crippen MR) is 94.8 cm³/mol. The van der Waals surface area contributed by atoms with Crippen molar-refractivity contribution in [3.8, 4) is 0 Å². The zero-order valence-corrected chi connectivity index (χ0v) is 13.7. The number of rotatable bonds is 3. The van der Waals surface area contributed by atoms with Crippen molar-refractivity contribution in [2.45, 2.75) is 25.7 Å². The van der Waals surface area contributed by atoms with E-state index in [1.54, 1.807) is 0 Å². The zero-order valence-electron chi connectivity index (χ0n) is 13.7. The minimum Gasteiger partial charge on any atom is -0.440 e. The maximum atomic E-state index is 12.6. The van der Waals surface area contributed by atoms with E-state index >= 15 is 0 Å². The summed E-state index contributed by atoms with van der Waals surface area (Å²) in [6, 6.07) is 11.4. The molecule has 124 valence electrons. The van der Waals surface area contributed by atoms with Crippen molar-refractivity contribution in [3.05, 3.63) is 53.5 Å². The Morgan fingerprint density at radius 3 is 2.96 bits per heavy atom. The number of benzene rings is 2. The van der Waals surface area contributed by atoms with Gasteiger partial charge in [0.05, 0.1) is 5.52 Å². The Labute approximate surface area is 143 Å². The van der Waals surface area contributed by atoms with Crippen LogP contribution in [-0.2, 0) is 0 Å². The zero-order chi connectivity index (χ0) is 17.0. The number of aromatic amines is 1. The summed E-state index contributed by atoms with van der Waals surface area (Å²) in [6.45, 7) is 1.99. The predicted octanol–water partition coefficient (Wildman–Crippen LogP) is 4.14. The number of carbonyl (C=O) groups is 1. The van der Waals surface area contributed by atoms with Gasteiger partial charge in [-0.05, 0) is 50.1 Å². The molecule has 0 radical (unpaired) electrons. The summed E-state index contributed by atoms with van der Waals surface area (Å²) in [5.74, 6) is 1.01. The van der Waals surface area contributed by atoms with Gasteiger partial charge >= 0.3 is 0 Å². The molecule has 0 saturated heterocycles. The number of anilines is 1. The number of nitrogens with one attached hydrogen (secondary N) is 2. The average molecular weight is 332 g/mol. The maximum absolute atomic E-state index is 12.6. The number of oxazole rings is 1. The molecule has 1 aliphatic carbocycles. The van der Waals surface area contributed by atoms with E-state index in [2.05, 4.69) is 20.5 Å². The smallest absolute Gasteiger partial charge is 0.276 e. The van der Waals surface area contributed by atoms with Crippen LogP contribution in [0, 0.1) is 6.92 Å². The molecular weight excluding hydrogens is 316 g/mol. The number of hydrogen-bond acceptors (Lipinski definition) is 4. The summed E-state index contributed by atoms with van der Waals surface area (Å²) >= 11 is 0. The molecule has 0 spiro atoms. The van der Waals surface area contributed by atoms with Gasteiger partial charge in [0.15, 0.2) is 17.2 Å². The van der Waals surface area contributed by atoms with Crippen molar-refractivity contribution >= 4 is 33.6 Å². The third-order valence-electron chi connectivity index (χ3n) is 4.52. The number of carbonyl (C=O) groups excluding carboxylic acids is 1. The lowest BCUT2D eigenvalue weighted by molar-refractivity contribution is 0.102. The second-order valence-corrected chi connectivity index (χ2v) is 6.58. The molecule has 0 atom stereocenters. The van der Waals surface area contributed by atoms with Gasteiger partial charge in [-0.25, -0.2) is 4.98 Å². The molecule has 2 heterocycles. The van der Waals surface area contributed by atoms with Crippen molar-refractivity contribution in [2.75, 3.05) is 5.32 Å². The molecule has 2 aromatic carbocycles. The van der Waals surface area contributed by atoms with Crippen LogP contribution in [0.4, 0.5) is 5.69 Å². The highest BCUT2D eigenvalue weighted by atomic mass is 16.3. The Morgan fingerprint density at radius 2 is 2.12 bits per heavy atom. The van der Waals surface area contributed by atoms with Crippen LogP contribution < -0.4 is 5.32 Å². The van der Waals surface area contributed by atoms with E-state index in [1.165, 1.54) is 0 Å². The summed E-state index contributed by atoms with van der Waals surface area (Å²) in [4.78, 5) is 17.1. The average Bonchev–Trinajstić information content (AvgIpc) is 3.23. The van der Waals surface area contributed by atoms with Crippen molar-refractivity contribution < 1.29 is 9.21 Å². The normalized spacial score (nSPS) is 14.3. The largest absolute Gasteiger partial charge is 0.440 e. The molecule has 4 aromatic rings. The molecule has 1 amide bonds. The maximum Gasteiger partial charge on any atom is 0.276 e. The molecule has 1 saturated carbocycles. The van der Waals surface area contributed by atoms with Crippen LogP contribution in [0.5, 0.6) is 0 Å². The Morgan fingerprint density at radius 1 is 1.24 bits per heavy atom. The molecule has 6 nitrogen and oxygen atoms in total. The molecule has 0 unspecified atom stereocenters. The van der Waals surface area contributed by atoms with Gasteiger partial charge in [0.2, 0.25) is 0 Å². The van der Waals surface area contributed by atoms with Crippen molar-refractivity contribution in [1.29, 1.82) is 0 Å². The van der Waals surface area contributed by atoms with E-state index in [9.17, 15) is 4.79 Å². The van der Waals surface area contributed by atoms with Crippen molar-refractivity contribution in [1.82, 2.24) is 15.2 Å². The van der Waals surface area contributed by atoms with Crippen LogP contribution in [0.3, 0.4) is 0 Å². The Bertz CT molecular complexity index is 1120. The Balaban J connectivity index is 1.46. The SMILES string of the molecule is Cc1ccc2[nH]nc(C(=O)Nc3ccc4oc(C5CC5)nc4c3)c2c1. The number of nitrogens with zero attached hydrogens (tertiary/aromatic N) is 2. The fourth-order valence-electron chi connectivity index (χ4n) is 3.02. The van der Waals surface area contributed by atoms with Gasteiger partial charge < -0.3 is 9.73 Å². The fraction of sp³-hybridized carbons (Fsp3) is 0.211. The molecule has 6 heteroatoms. The summed E-state index contributed by atoms with van der Waals surface area (Å²) in [5, 5.41) is 10.8.